The summed E-state index contributed by atoms with van der Waals surface area (Å²) in [4.78, 5) is 14.4. The van der Waals surface area contributed by atoms with Gasteiger partial charge in [-0.15, -0.1) is 0 Å². The molecule has 110 valence electrons. The summed E-state index contributed by atoms with van der Waals surface area (Å²) < 4.78 is 11.3. The van der Waals surface area contributed by atoms with E-state index in [1.54, 1.807) is 0 Å². The molecule has 0 amide bonds. The van der Waals surface area contributed by atoms with Gasteiger partial charge in [-0.05, 0) is 46.1 Å². The molecule has 2 aliphatic rings. The summed E-state index contributed by atoms with van der Waals surface area (Å²) in [6.07, 6.45) is 5.14. The van der Waals surface area contributed by atoms with Crippen LogP contribution in [0.2, 0.25) is 0 Å². The average Bonchev–Trinajstić information content (AvgIpc) is 2.98. The summed E-state index contributed by atoms with van der Waals surface area (Å²) >= 11 is 0. The van der Waals surface area contributed by atoms with Crippen LogP contribution in [0.15, 0.2) is 0 Å². The molecule has 2 rings (SSSR count). The Hall–Kier alpha value is -0.450. The van der Waals surface area contributed by atoms with Crippen LogP contribution in [0.25, 0.3) is 0 Å². The highest BCUT2D eigenvalue weighted by Crippen LogP contribution is 2.33. The lowest BCUT2D eigenvalue weighted by Crippen LogP contribution is -2.43. The Morgan fingerprint density at radius 3 is 2.53 bits per heavy atom. The van der Waals surface area contributed by atoms with Crippen molar-refractivity contribution in [2.45, 2.75) is 58.3 Å². The Bertz CT molecular complexity index is 289. The summed E-state index contributed by atoms with van der Waals surface area (Å²) in [5.41, 5.74) is 0. The van der Waals surface area contributed by atoms with Gasteiger partial charge in [-0.1, -0.05) is 0 Å². The second kappa shape index (κ2) is 7.36. The summed E-state index contributed by atoms with van der Waals surface area (Å²) in [6.45, 7) is 7.21. The van der Waals surface area contributed by atoms with E-state index in [0.29, 0.717) is 25.0 Å². The number of carbonyl (C=O) groups excluding carboxylic acids is 1. The van der Waals surface area contributed by atoms with Crippen LogP contribution < -0.4 is 0 Å². The van der Waals surface area contributed by atoms with Crippen LogP contribution in [0.1, 0.15) is 46.0 Å². The maximum atomic E-state index is 12.0. The zero-order chi connectivity index (χ0) is 13.7. The zero-order valence-corrected chi connectivity index (χ0v) is 12.3. The van der Waals surface area contributed by atoms with Crippen LogP contribution >= 0.6 is 0 Å². The van der Waals surface area contributed by atoms with Gasteiger partial charge >= 0.3 is 0 Å². The van der Waals surface area contributed by atoms with Gasteiger partial charge in [-0.25, -0.2) is 0 Å². The molecule has 1 heterocycles. The molecule has 0 aromatic rings. The fourth-order valence-corrected chi connectivity index (χ4v) is 3.50. The van der Waals surface area contributed by atoms with E-state index in [2.05, 4.69) is 4.90 Å². The zero-order valence-electron chi connectivity index (χ0n) is 12.3. The molecule has 0 aromatic heterocycles. The minimum atomic E-state index is -0.146. The van der Waals surface area contributed by atoms with Crippen LogP contribution in [0.3, 0.4) is 0 Å². The van der Waals surface area contributed by atoms with Crippen LogP contribution in [0, 0.1) is 5.92 Å². The molecule has 0 spiro atoms. The van der Waals surface area contributed by atoms with Crippen LogP contribution in [0.4, 0.5) is 0 Å². The van der Waals surface area contributed by atoms with Gasteiger partial charge in [0.05, 0.1) is 0 Å². The van der Waals surface area contributed by atoms with Crippen molar-refractivity contribution in [1.29, 1.82) is 0 Å². The predicted molar refractivity (Wildman–Crippen MR) is 74.0 cm³/mol. The highest BCUT2D eigenvalue weighted by atomic mass is 16.7. The van der Waals surface area contributed by atoms with Crippen molar-refractivity contribution in [2.75, 3.05) is 26.3 Å². The number of carbonyl (C=O) groups is 1. The second-order valence-electron chi connectivity index (χ2n) is 5.51. The maximum Gasteiger partial charge on any atom is 0.170 e. The Balaban J connectivity index is 1.91. The molecule has 2 unspecified atom stereocenters. The third kappa shape index (κ3) is 3.77. The lowest BCUT2D eigenvalue weighted by atomic mass is 9.95. The van der Waals surface area contributed by atoms with E-state index in [0.717, 1.165) is 38.8 Å². The highest BCUT2D eigenvalue weighted by molar-refractivity contribution is 5.83. The first-order valence-electron chi connectivity index (χ1n) is 7.76. The highest BCUT2D eigenvalue weighted by Gasteiger charge is 2.38. The van der Waals surface area contributed by atoms with Crippen molar-refractivity contribution >= 4 is 5.78 Å². The second-order valence-corrected chi connectivity index (χ2v) is 5.51. The summed E-state index contributed by atoms with van der Waals surface area (Å²) in [5, 5.41) is 0. The Kier molecular flexibility index (Phi) is 5.79. The van der Waals surface area contributed by atoms with E-state index in [1.807, 2.05) is 13.8 Å². The summed E-state index contributed by atoms with van der Waals surface area (Å²) in [6, 6.07) is 0.429. The lowest BCUT2D eigenvalue weighted by molar-refractivity contribution is -0.150. The van der Waals surface area contributed by atoms with Gasteiger partial charge in [0.1, 0.15) is 5.78 Å². The van der Waals surface area contributed by atoms with Crippen molar-refractivity contribution in [3.8, 4) is 0 Å². The van der Waals surface area contributed by atoms with E-state index in [9.17, 15) is 4.79 Å². The smallest absolute Gasteiger partial charge is 0.170 e. The molecule has 1 aliphatic heterocycles. The van der Waals surface area contributed by atoms with Gasteiger partial charge in [0.2, 0.25) is 0 Å². The van der Waals surface area contributed by atoms with Crippen molar-refractivity contribution in [1.82, 2.24) is 4.90 Å². The third-order valence-corrected chi connectivity index (χ3v) is 4.32. The Morgan fingerprint density at radius 1 is 1.21 bits per heavy atom. The molecule has 2 fully saturated rings. The average molecular weight is 269 g/mol. The number of likely N-dealkylation sites (tertiary alicyclic amines) is 1. The predicted octanol–water partition coefficient (Wildman–Crippen LogP) is 2.22. The molecule has 1 aliphatic carbocycles. The number of hydrogen-bond acceptors (Lipinski definition) is 4. The van der Waals surface area contributed by atoms with Gasteiger partial charge in [-0.2, -0.15) is 0 Å². The molecule has 0 radical (unpaired) electrons. The van der Waals surface area contributed by atoms with E-state index in [-0.39, 0.29) is 12.2 Å². The molecule has 4 heteroatoms. The molecular formula is C15H27NO3. The molecule has 1 saturated heterocycles. The van der Waals surface area contributed by atoms with Gasteiger partial charge in [0.25, 0.3) is 0 Å². The maximum absolute atomic E-state index is 12.0. The molecule has 2 atom stereocenters. The normalized spacial score (nSPS) is 28.7. The number of ketones is 1. The standard InChI is InChI=1S/C15H27NO3/c1-3-18-15(19-4-2)11-16-10-6-8-13(16)12-7-5-9-14(12)17/h12-13,15H,3-11H2,1-2H3. The van der Waals surface area contributed by atoms with E-state index >= 15 is 0 Å². The largest absolute Gasteiger partial charge is 0.352 e. The molecule has 0 N–H and O–H groups in total. The van der Waals surface area contributed by atoms with Crippen LogP contribution in [-0.2, 0) is 14.3 Å². The number of hydrogen-bond donors (Lipinski definition) is 0. The van der Waals surface area contributed by atoms with E-state index in [1.165, 1.54) is 6.42 Å². The van der Waals surface area contributed by atoms with Gasteiger partial charge in [0, 0.05) is 38.1 Å². The lowest BCUT2D eigenvalue weighted by Gasteiger charge is -2.31. The summed E-state index contributed by atoms with van der Waals surface area (Å²) in [7, 11) is 0. The molecule has 0 bridgehead atoms. The number of Topliss-reactive ketones (excluding diaryl/α,β-unsaturated/α-hetero) is 1. The molecule has 19 heavy (non-hydrogen) atoms. The SMILES string of the molecule is CCOC(CN1CCCC1C1CCCC1=O)OCC. The number of nitrogens with zero attached hydrogens (tertiary/aromatic N) is 1. The minimum absolute atomic E-state index is 0.146. The molecule has 0 aromatic carbocycles. The van der Waals surface area contributed by atoms with E-state index in [4.69, 9.17) is 9.47 Å². The molecular weight excluding hydrogens is 242 g/mol. The van der Waals surface area contributed by atoms with E-state index < -0.39 is 0 Å². The monoisotopic (exact) mass is 269 g/mol. The third-order valence-electron chi connectivity index (χ3n) is 4.32. The van der Waals surface area contributed by atoms with Crippen molar-refractivity contribution < 1.29 is 14.3 Å². The Morgan fingerprint density at radius 2 is 1.95 bits per heavy atom. The first-order valence-corrected chi connectivity index (χ1v) is 7.76. The molecule has 4 nitrogen and oxygen atoms in total. The van der Waals surface area contributed by atoms with Crippen molar-refractivity contribution in [2.24, 2.45) is 5.92 Å². The van der Waals surface area contributed by atoms with Crippen molar-refractivity contribution in [3.05, 3.63) is 0 Å². The van der Waals surface area contributed by atoms with Gasteiger partial charge in [-0.3, -0.25) is 9.69 Å². The first kappa shape index (κ1) is 14.9. The van der Waals surface area contributed by atoms with Crippen LogP contribution in [0.5, 0.6) is 0 Å². The number of rotatable bonds is 7. The quantitative estimate of drug-likeness (QED) is 0.664. The number of ether oxygens (including phenoxy) is 2. The fourth-order valence-electron chi connectivity index (χ4n) is 3.50. The van der Waals surface area contributed by atoms with Gasteiger partial charge in [0.15, 0.2) is 6.29 Å². The molecule has 1 saturated carbocycles. The topological polar surface area (TPSA) is 38.8 Å². The fraction of sp³-hybridized carbons (Fsp3) is 0.933. The first-order chi connectivity index (χ1) is 9.26. The Labute approximate surface area is 116 Å². The van der Waals surface area contributed by atoms with Crippen LogP contribution in [-0.4, -0.2) is 49.3 Å². The summed E-state index contributed by atoms with van der Waals surface area (Å²) in [5.74, 6) is 0.743. The van der Waals surface area contributed by atoms with Crippen molar-refractivity contribution in [3.63, 3.8) is 0 Å². The van der Waals surface area contributed by atoms with Gasteiger partial charge < -0.3 is 9.47 Å². The minimum Gasteiger partial charge on any atom is -0.352 e.